The van der Waals surface area contributed by atoms with Gasteiger partial charge in [-0.25, -0.2) is 13.9 Å². The molecule has 0 radical (unpaired) electrons. The molecule has 138 valence electrons. The Morgan fingerprint density at radius 3 is 2.96 bits per heavy atom. The number of carbonyl (C=O) groups is 2. The van der Waals surface area contributed by atoms with Crippen molar-refractivity contribution in [3.05, 3.63) is 46.5 Å². The summed E-state index contributed by atoms with van der Waals surface area (Å²) in [4.78, 5) is 22.8. The predicted molar refractivity (Wildman–Crippen MR) is 91.1 cm³/mol. The van der Waals surface area contributed by atoms with Crippen LogP contribution in [-0.4, -0.2) is 46.5 Å². The van der Waals surface area contributed by atoms with Gasteiger partial charge in [-0.15, -0.1) is 0 Å². The molecule has 1 aliphatic carbocycles. The van der Waals surface area contributed by atoms with E-state index in [0.717, 1.165) is 36.1 Å². The topological polar surface area (TPSA) is 93.5 Å². The van der Waals surface area contributed by atoms with Crippen molar-refractivity contribution in [2.24, 2.45) is 0 Å². The van der Waals surface area contributed by atoms with Crippen LogP contribution in [0.15, 0.2) is 18.2 Å². The van der Waals surface area contributed by atoms with Crippen molar-refractivity contribution < 1.29 is 23.8 Å². The summed E-state index contributed by atoms with van der Waals surface area (Å²) in [6.07, 6.45) is 2.36. The van der Waals surface area contributed by atoms with E-state index in [0.29, 0.717) is 5.69 Å². The molecule has 2 N–H and O–H groups in total. The molecule has 1 aliphatic rings. The molecule has 1 aromatic carbocycles. The highest BCUT2D eigenvalue weighted by Gasteiger charge is 2.27. The van der Waals surface area contributed by atoms with Gasteiger partial charge in [0, 0.05) is 17.8 Å². The number of nitrogens with one attached hydrogen (secondary N) is 1. The Hall–Kier alpha value is -2.74. The van der Waals surface area contributed by atoms with Gasteiger partial charge in [0.1, 0.15) is 18.1 Å². The average Bonchev–Trinajstić information content (AvgIpc) is 3.19. The fourth-order valence-corrected chi connectivity index (χ4v) is 3.08. The Kier molecular flexibility index (Phi) is 5.32. The summed E-state index contributed by atoms with van der Waals surface area (Å²) < 4.78 is 20.7. The van der Waals surface area contributed by atoms with Gasteiger partial charge in [-0.3, -0.25) is 4.79 Å². The highest BCUT2D eigenvalue weighted by Crippen LogP contribution is 2.29. The summed E-state index contributed by atoms with van der Waals surface area (Å²) in [6.45, 7) is 1.73. The Balaban J connectivity index is 1.78. The van der Waals surface area contributed by atoms with Crippen LogP contribution in [0.5, 0.6) is 0 Å². The lowest BCUT2D eigenvalue weighted by Crippen LogP contribution is -2.29. The molecule has 0 atom stereocenters. The van der Waals surface area contributed by atoms with Gasteiger partial charge in [-0.2, -0.15) is 5.10 Å². The first kappa shape index (κ1) is 18.1. The van der Waals surface area contributed by atoms with E-state index in [1.54, 1.807) is 12.1 Å². The zero-order valence-corrected chi connectivity index (χ0v) is 14.4. The number of benzene rings is 1. The van der Waals surface area contributed by atoms with E-state index in [2.05, 4.69) is 10.4 Å². The largest absolute Gasteiger partial charge is 0.480 e. The van der Waals surface area contributed by atoms with E-state index in [1.807, 2.05) is 6.92 Å². The highest BCUT2D eigenvalue weighted by atomic mass is 19.1. The van der Waals surface area contributed by atoms with E-state index >= 15 is 0 Å². The standard InChI is InChI=1S/C18H20FN3O4/c1-11-5-6-13(19)15(9-11)22-14-4-2-3-12(14)17(21-22)18(25)20-7-8-26-10-16(23)24/h5-6,9H,2-4,7-8,10H2,1H3,(H,20,25)(H,23,24). The van der Waals surface area contributed by atoms with Gasteiger partial charge in [0.2, 0.25) is 0 Å². The van der Waals surface area contributed by atoms with Gasteiger partial charge in [-0.1, -0.05) is 6.07 Å². The number of aromatic nitrogens is 2. The Morgan fingerprint density at radius 2 is 2.19 bits per heavy atom. The summed E-state index contributed by atoms with van der Waals surface area (Å²) >= 11 is 0. The third-order valence-corrected chi connectivity index (χ3v) is 4.23. The molecule has 0 saturated heterocycles. The van der Waals surface area contributed by atoms with Gasteiger partial charge in [0.05, 0.1) is 6.61 Å². The van der Waals surface area contributed by atoms with E-state index in [9.17, 15) is 14.0 Å². The molecule has 7 nitrogen and oxygen atoms in total. The third-order valence-electron chi connectivity index (χ3n) is 4.23. The van der Waals surface area contributed by atoms with Crippen molar-refractivity contribution in [2.45, 2.75) is 26.2 Å². The smallest absolute Gasteiger partial charge is 0.329 e. The highest BCUT2D eigenvalue weighted by molar-refractivity contribution is 5.94. The number of aryl methyl sites for hydroxylation is 1. The number of amides is 1. The SMILES string of the molecule is Cc1ccc(F)c(-n2nc(C(=O)NCCOCC(=O)O)c3c2CCC3)c1. The van der Waals surface area contributed by atoms with E-state index in [1.165, 1.54) is 10.7 Å². The van der Waals surface area contributed by atoms with Gasteiger partial charge in [-0.05, 0) is 43.9 Å². The molecule has 0 spiro atoms. The lowest BCUT2D eigenvalue weighted by molar-refractivity contribution is -0.142. The van der Waals surface area contributed by atoms with Gasteiger partial charge in [0.25, 0.3) is 5.91 Å². The van der Waals surface area contributed by atoms with Gasteiger partial charge >= 0.3 is 5.97 Å². The predicted octanol–water partition coefficient (Wildman–Crippen LogP) is 1.64. The van der Waals surface area contributed by atoms with Crippen molar-refractivity contribution in [3.8, 4) is 5.69 Å². The number of carbonyl (C=O) groups excluding carboxylic acids is 1. The zero-order chi connectivity index (χ0) is 18.7. The van der Waals surface area contributed by atoms with E-state index < -0.39 is 12.6 Å². The third kappa shape index (κ3) is 3.75. The number of hydrogen-bond donors (Lipinski definition) is 2. The molecule has 0 fully saturated rings. The first-order chi connectivity index (χ1) is 12.5. The molecular weight excluding hydrogens is 341 g/mol. The number of nitrogens with zero attached hydrogens (tertiary/aromatic N) is 2. The summed E-state index contributed by atoms with van der Waals surface area (Å²) in [5, 5.41) is 15.5. The number of carboxylic acids is 1. The monoisotopic (exact) mass is 361 g/mol. The van der Waals surface area contributed by atoms with Crippen molar-refractivity contribution >= 4 is 11.9 Å². The molecule has 0 aliphatic heterocycles. The second kappa shape index (κ2) is 7.65. The lowest BCUT2D eigenvalue weighted by Gasteiger charge is -2.08. The normalized spacial score (nSPS) is 12.8. The summed E-state index contributed by atoms with van der Waals surface area (Å²) in [7, 11) is 0. The van der Waals surface area contributed by atoms with Crippen molar-refractivity contribution in [1.82, 2.24) is 15.1 Å². The molecule has 8 heteroatoms. The molecule has 2 aromatic rings. The van der Waals surface area contributed by atoms with Crippen LogP contribution in [0.3, 0.4) is 0 Å². The van der Waals surface area contributed by atoms with Crippen molar-refractivity contribution in [3.63, 3.8) is 0 Å². The number of aliphatic carboxylic acids is 1. The van der Waals surface area contributed by atoms with Gasteiger partial charge in [0.15, 0.2) is 5.69 Å². The van der Waals surface area contributed by atoms with Crippen LogP contribution in [0.25, 0.3) is 5.69 Å². The number of carboxylic acid groups (broad SMARTS) is 1. The number of ether oxygens (including phenoxy) is 1. The number of halogens is 1. The number of hydrogen-bond acceptors (Lipinski definition) is 4. The lowest BCUT2D eigenvalue weighted by atomic mass is 10.2. The van der Waals surface area contributed by atoms with E-state index in [4.69, 9.17) is 9.84 Å². The second-order valence-corrected chi connectivity index (χ2v) is 6.20. The molecule has 26 heavy (non-hydrogen) atoms. The average molecular weight is 361 g/mol. The molecule has 3 rings (SSSR count). The summed E-state index contributed by atoms with van der Waals surface area (Å²) in [6, 6.07) is 4.79. The van der Waals surface area contributed by atoms with Gasteiger partial charge < -0.3 is 15.2 Å². The van der Waals surface area contributed by atoms with Crippen LogP contribution < -0.4 is 5.32 Å². The first-order valence-corrected chi connectivity index (χ1v) is 8.42. The molecule has 0 bridgehead atoms. The quantitative estimate of drug-likeness (QED) is 0.732. The van der Waals surface area contributed by atoms with Crippen LogP contribution in [0.4, 0.5) is 4.39 Å². The number of fused-ring (bicyclic) bond motifs is 1. The molecule has 1 amide bonds. The minimum absolute atomic E-state index is 0.0907. The molecule has 0 saturated carbocycles. The Labute approximate surface area is 149 Å². The molecule has 0 unspecified atom stereocenters. The summed E-state index contributed by atoms with van der Waals surface area (Å²) in [5.41, 5.74) is 3.24. The maximum Gasteiger partial charge on any atom is 0.329 e. The Bertz CT molecular complexity index is 847. The fraction of sp³-hybridized carbons (Fsp3) is 0.389. The maximum absolute atomic E-state index is 14.3. The van der Waals surface area contributed by atoms with E-state index in [-0.39, 0.29) is 30.6 Å². The van der Waals surface area contributed by atoms with Crippen LogP contribution in [0.1, 0.15) is 33.7 Å². The molecule has 1 heterocycles. The van der Waals surface area contributed by atoms with Crippen LogP contribution in [0, 0.1) is 12.7 Å². The maximum atomic E-state index is 14.3. The van der Waals surface area contributed by atoms with Crippen molar-refractivity contribution in [1.29, 1.82) is 0 Å². The minimum Gasteiger partial charge on any atom is -0.480 e. The summed E-state index contributed by atoms with van der Waals surface area (Å²) in [5.74, 6) is -1.82. The van der Waals surface area contributed by atoms with Crippen LogP contribution >= 0.6 is 0 Å². The number of rotatable bonds is 7. The van der Waals surface area contributed by atoms with Crippen LogP contribution in [-0.2, 0) is 22.4 Å². The van der Waals surface area contributed by atoms with Crippen LogP contribution in [0.2, 0.25) is 0 Å². The minimum atomic E-state index is -1.06. The Morgan fingerprint density at radius 1 is 1.38 bits per heavy atom. The molecule has 1 aromatic heterocycles. The fourth-order valence-electron chi connectivity index (χ4n) is 3.08. The zero-order valence-electron chi connectivity index (χ0n) is 14.4. The second-order valence-electron chi connectivity index (χ2n) is 6.20. The molecular formula is C18H20FN3O4. The van der Waals surface area contributed by atoms with Crippen molar-refractivity contribution in [2.75, 3.05) is 19.8 Å². The first-order valence-electron chi connectivity index (χ1n) is 8.42.